The number of piperidine rings is 1. The van der Waals surface area contributed by atoms with Gasteiger partial charge in [-0.05, 0) is 57.4 Å². The molecule has 1 aliphatic rings. The van der Waals surface area contributed by atoms with Crippen LogP contribution in [0, 0.1) is 0 Å². The van der Waals surface area contributed by atoms with Crippen LogP contribution in [0.1, 0.15) is 55.6 Å². The normalized spacial score (nSPS) is 17.2. The number of carbonyl (C=O) groups is 1. The van der Waals surface area contributed by atoms with Crippen molar-refractivity contribution in [3.05, 3.63) is 35.7 Å². The van der Waals surface area contributed by atoms with Crippen LogP contribution in [0.2, 0.25) is 0 Å². The van der Waals surface area contributed by atoms with E-state index >= 15 is 0 Å². The summed E-state index contributed by atoms with van der Waals surface area (Å²) in [4.78, 5) is 14.6. The van der Waals surface area contributed by atoms with Gasteiger partial charge in [-0.2, -0.15) is 0 Å². The number of hydrogen-bond donors (Lipinski definition) is 1. The average Bonchev–Trinajstić information content (AvgIpc) is 3.22. The minimum atomic E-state index is -0.177. The smallest absolute Gasteiger partial charge is 0.273 e. The Balaban J connectivity index is 1.60. The summed E-state index contributed by atoms with van der Waals surface area (Å²) in [7, 11) is 3.32. The molecule has 1 saturated heterocycles. The van der Waals surface area contributed by atoms with Gasteiger partial charge in [-0.25, -0.2) is 0 Å². The summed E-state index contributed by atoms with van der Waals surface area (Å²) in [5.74, 6) is 1.34. The minimum absolute atomic E-state index is 0.0787. The number of benzene rings is 1. The van der Waals surface area contributed by atoms with Gasteiger partial charge in [-0.1, -0.05) is 17.7 Å². The fraction of sp³-hybridized carbons (Fsp3) is 0.591. The highest BCUT2D eigenvalue weighted by Crippen LogP contribution is 2.29. The van der Waals surface area contributed by atoms with Crippen LogP contribution in [-0.2, 0) is 13.1 Å². The number of hydrogen-bond acceptors (Lipinski definition) is 6. The van der Waals surface area contributed by atoms with Gasteiger partial charge < -0.3 is 14.8 Å². The number of ether oxygens (including phenoxy) is 2. The molecule has 8 nitrogen and oxygen atoms in total. The van der Waals surface area contributed by atoms with Crippen LogP contribution in [0.15, 0.2) is 24.4 Å². The lowest BCUT2D eigenvalue weighted by atomic mass is 9.98. The molecule has 164 valence electrons. The fourth-order valence-corrected chi connectivity index (χ4v) is 3.94. The molecule has 1 amide bonds. The van der Waals surface area contributed by atoms with Gasteiger partial charge >= 0.3 is 0 Å². The van der Waals surface area contributed by atoms with Crippen molar-refractivity contribution in [2.24, 2.45) is 0 Å². The molecule has 0 bridgehead atoms. The molecule has 2 aromatic rings. The highest BCUT2D eigenvalue weighted by molar-refractivity contribution is 5.91. The van der Waals surface area contributed by atoms with Crippen LogP contribution >= 0.6 is 0 Å². The maximum Gasteiger partial charge on any atom is 0.273 e. The summed E-state index contributed by atoms with van der Waals surface area (Å²) in [6.45, 7) is 6.56. The monoisotopic (exact) mass is 415 g/mol. The molecule has 1 fully saturated rings. The summed E-state index contributed by atoms with van der Waals surface area (Å²) >= 11 is 0. The molecule has 30 heavy (non-hydrogen) atoms. The highest BCUT2D eigenvalue weighted by Gasteiger charge is 2.23. The van der Waals surface area contributed by atoms with E-state index in [0.29, 0.717) is 11.7 Å². The summed E-state index contributed by atoms with van der Waals surface area (Å²) in [6, 6.07) is 6.68. The van der Waals surface area contributed by atoms with Crippen LogP contribution in [0.4, 0.5) is 0 Å². The van der Waals surface area contributed by atoms with Crippen molar-refractivity contribution in [2.75, 3.05) is 20.8 Å². The van der Waals surface area contributed by atoms with Crippen LogP contribution in [-0.4, -0.2) is 58.6 Å². The van der Waals surface area contributed by atoms with E-state index in [1.165, 1.54) is 24.8 Å². The van der Waals surface area contributed by atoms with E-state index in [9.17, 15) is 4.79 Å². The topological polar surface area (TPSA) is 81.5 Å². The fourth-order valence-electron chi connectivity index (χ4n) is 3.94. The maximum atomic E-state index is 12.1. The van der Waals surface area contributed by atoms with Crippen LogP contribution < -0.4 is 14.8 Å². The van der Waals surface area contributed by atoms with Gasteiger partial charge in [0.05, 0.1) is 20.4 Å². The van der Waals surface area contributed by atoms with E-state index < -0.39 is 0 Å². The van der Waals surface area contributed by atoms with Gasteiger partial charge in [-0.3, -0.25) is 14.4 Å². The quantitative estimate of drug-likeness (QED) is 0.678. The van der Waals surface area contributed by atoms with Crippen molar-refractivity contribution in [2.45, 2.75) is 64.7 Å². The van der Waals surface area contributed by atoms with Gasteiger partial charge in [-0.15, -0.1) is 5.10 Å². The summed E-state index contributed by atoms with van der Waals surface area (Å²) in [6.07, 6.45) is 6.34. The second-order valence-corrected chi connectivity index (χ2v) is 8.09. The van der Waals surface area contributed by atoms with Gasteiger partial charge in [0.2, 0.25) is 0 Å². The van der Waals surface area contributed by atoms with E-state index in [1.807, 2.05) is 19.9 Å². The van der Waals surface area contributed by atoms with E-state index in [-0.39, 0.29) is 11.9 Å². The number of rotatable bonds is 9. The Morgan fingerprint density at radius 3 is 2.77 bits per heavy atom. The molecule has 1 aromatic carbocycles. The number of nitrogens with zero attached hydrogens (tertiary/aromatic N) is 4. The van der Waals surface area contributed by atoms with Crippen molar-refractivity contribution in [3.8, 4) is 11.5 Å². The number of carbonyl (C=O) groups excluding carboxylic acids is 1. The molecule has 0 saturated carbocycles. The zero-order valence-corrected chi connectivity index (χ0v) is 18.4. The lowest BCUT2D eigenvalue weighted by Crippen LogP contribution is -2.39. The zero-order chi connectivity index (χ0) is 21.5. The Morgan fingerprint density at radius 1 is 1.23 bits per heavy atom. The van der Waals surface area contributed by atoms with Crippen molar-refractivity contribution >= 4 is 5.91 Å². The molecular formula is C22H33N5O3. The number of likely N-dealkylation sites (tertiary alicyclic amines) is 1. The maximum absolute atomic E-state index is 12.1. The van der Waals surface area contributed by atoms with Crippen molar-refractivity contribution < 1.29 is 14.3 Å². The summed E-state index contributed by atoms with van der Waals surface area (Å²) in [5.41, 5.74) is 1.59. The second kappa shape index (κ2) is 10.4. The number of methoxy groups -OCH3 is 2. The molecule has 1 unspecified atom stereocenters. The molecule has 0 spiro atoms. The van der Waals surface area contributed by atoms with E-state index in [2.05, 4.69) is 32.7 Å². The second-order valence-electron chi connectivity index (χ2n) is 8.09. The molecular weight excluding hydrogens is 382 g/mol. The van der Waals surface area contributed by atoms with Crippen LogP contribution in [0.25, 0.3) is 0 Å². The number of amides is 1. The van der Waals surface area contributed by atoms with E-state index in [4.69, 9.17) is 9.47 Å². The van der Waals surface area contributed by atoms with E-state index in [1.54, 1.807) is 25.1 Å². The highest BCUT2D eigenvalue weighted by atomic mass is 16.5. The average molecular weight is 416 g/mol. The minimum Gasteiger partial charge on any atom is -0.493 e. The Hall–Kier alpha value is -2.61. The number of aryl methyl sites for hydroxylation is 1. The first-order chi connectivity index (χ1) is 14.5. The lowest BCUT2D eigenvalue weighted by molar-refractivity contribution is 0.0938. The van der Waals surface area contributed by atoms with Crippen molar-refractivity contribution in [1.29, 1.82) is 0 Å². The first-order valence-electron chi connectivity index (χ1n) is 10.7. The third-order valence-corrected chi connectivity index (χ3v) is 5.47. The molecule has 0 aliphatic carbocycles. The van der Waals surface area contributed by atoms with E-state index in [0.717, 1.165) is 37.6 Å². The molecule has 8 heteroatoms. The third-order valence-electron chi connectivity index (χ3n) is 5.47. The largest absolute Gasteiger partial charge is 0.493 e. The summed E-state index contributed by atoms with van der Waals surface area (Å²) in [5, 5.41) is 11.0. The zero-order valence-electron chi connectivity index (χ0n) is 18.4. The van der Waals surface area contributed by atoms with Gasteiger partial charge in [0.15, 0.2) is 17.2 Å². The Labute approximate surface area is 178 Å². The van der Waals surface area contributed by atoms with Crippen LogP contribution in [0.5, 0.6) is 11.5 Å². The predicted octanol–water partition coefficient (Wildman–Crippen LogP) is 2.88. The van der Waals surface area contributed by atoms with Gasteiger partial charge in [0.1, 0.15) is 0 Å². The standard InChI is InChI=1S/C22H33N5O3/c1-16(2)23-22(28)19-15-27(25-24-19)12-10-18-7-5-6-11-26(18)14-17-8-9-20(29-3)21(13-17)30-4/h8-9,13,15-16,18H,5-7,10-12,14H2,1-4H3,(H,23,28). The molecule has 3 rings (SSSR count). The summed E-state index contributed by atoms with van der Waals surface area (Å²) < 4.78 is 12.6. The molecule has 1 N–H and O–H groups in total. The molecule has 1 atom stereocenters. The predicted molar refractivity (Wildman–Crippen MR) is 115 cm³/mol. The van der Waals surface area contributed by atoms with Crippen molar-refractivity contribution in [3.63, 3.8) is 0 Å². The first kappa shape index (κ1) is 22.1. The number of nitrogens with one attached hydrogen (secondary N) is 1. The Kier molecular flexibility index (Phi) is 7.68. The van der Waals surface area contributed by atoms with Gasteiger partial charge in [0, 0.05) is 25.2 Å². The SMILES string of the molecule is COc1ccc(CN2CCCCC2CCn2cc(C(=O)NC(C)C)nn2)cc1OC. The number of aromatic nitrogens is 3. The molecule has 2 heterocycles. The lowest BCUT2D eigenvalue weighted by Gasteiger charge is -2.36. The Morgan fingerprint density at radius 2 is 2.03 bits per heavy atom. The molecule has 0 radical (unpaired) electrons. The third kappa shape index (κ3) is 5.72. The van der Waals surface area contributed by atoms with Gasteiger partial charge in [0.25, 0.3) is 5.91 Å². The van der Waals surface area contributed by atoms with Crippen molar-refractivity contribution in [1.82, 2.24) is 25.2 Å². The molecule has 1 aliphatic heterocycles. The Bertz CT molecular complexity index is 836. The molecule has 1 aromatic heterocycles. The first-order valence-corrected chi connectivity index (χ1v) is 10.7. The van der Waals surface area contributed by atoms with Crippen LogP contribution in [0.3, 0.4) is 0 Å².